The zero-order valence-electron chi connectivity index (χ0n) is 13.0. The van der Waals surface area contributed by atoms with Crippen molar-refractivity contribution in [1.29, 1.82) is 0 Å². The van der Waals surface area contributed by atoms with Crippen molar-refractivity contribution in [2.24, 2.45) is 5.92 Å². The first kappa shape index (κ1) is 15.9. The molecule has 1 aromatic carbocycles. The van der Waals surface area contributed by atoms with Crippen LogP contribution in [0.2, 0.25) is 0 Å². The summed E-state index contributed by atoms with van der Waals surface area (Å²) in [4.78, 5) is 19.2. The smallest absolute Gasteiger partial charge is 0.265 e. The molecule has 1 saturated heterocycles. The molecular formula is C17H19FN2O2S. The summed E-state index contributed by atoms with van der Waals surface area (Å²) in [5, 5.41) is 0.904. The zero-order chi connectivity index (χ0) is 16.2. The molecule has 23 heavy (non-hydrogen) atoms. The van der Waals surface area contributed by atoms with Gasteiger partial charge in [0.1, 0.15) is 16.4 Å². The third-order valence-electron chi connectivity index (χ3n) is 3.94. The Morgan fingerprint density at radius 2 is 2.22 bits per heavy atom. The highest BCUT2D eigenvalue weighted by atomic mass is 32.1. The number of likely N-dealkylation sites (tertiary alicyclic amines) is 1. The van der Waals surface area contributed by atoms with E-state index in [0.717, 1.165) is 24.4 Å². The van der Waals surface area contributed by atoms with Crippen LogP contribution >= 0.6 is 11.3 Å². The number of halogens is 1. The van der Waals surface area contributed by atoms with Crippen LogP contribution in [0.5, 0.6) is 5.75 Å². The number of rotatable bonds is 4. The maximum absolute atomic E-state index is 12.9. The van der Waals surface area contributed by atoms with E-state index in [2.05, 4.69) is 4.98 Å². The van der Waals surface area contributed by atoms with Crippen LogP contribution in [0.25, 0.3) is 0 Å². The number of hydrogen-bond acceptors (Lipinski definition) is 4. The molecule has 0 spiro atoms. The van der Waals surface area contributed by atoms with Crippen molar-refractivity contribution in [3.63, 3.8) is 0 Å². The number of piperidine rings is 1. The van der Waals surface area contributed by atoms with Gasteiger partial charge in [-0.05, 0) is 44.0 Å². The number of amides is 1. The Kier molecular flexibility index (Phi) is 4.91. The van der Waals surface area contributed by atoms with Crippen LogP contribution in [0.4, 0.5) is 4.39 Å². The molecule has 0 radical (unpaired) electrons. The first-order chi connectivity index (χ1) is 11.1. The molecule has 1 atom stereocenters. The summed E-state index contributed by atoms with van der Waals surface area (Å²) in [5.74, 6) is 0.744. The van der Waals surface area contributed by atoms with E-state index in [1.165, 1.54) is 23.5 Å². The lowest BCUT2D eigenvalue weighted by Gasteiger charge is -2.32. The minimum Gasteiger partial charge on any atom is -0.493 e. The normalized spacial score (nSPS) is 18.0. The van der Waals surface area contributed by atoms with Crippen LogP contribution in [0.1, 0.15) is 27.5 Å². The SMILES string of the molecule is Cc1ncc(C(=O)N2CCC[C@@H](COc3ccc(F)cc3)C2)s1. The topological polar surface area (TPSA) is 42.4 Å². The lowest BCUT2D eigenvalue weighted by atomic mass is 9.99. The number of nitrogens with zero attached hydrogens (tertiary/aromatic N) is 2. The second-order valence-electron chi connectivity index (χ2n) is 5.77. The van der Waals surface area contributed by atoms with E-state index >= 15 is 0 Å². The number of benzene rings is 1. The molecule has 1 amide bonds. The summed E-state index contributed by atoms with van der Waals surface area (Å²) in [6.45, 7) is 3.91. The van der Waals surface area contributed by atoms with E-state index in [-0.39, 0.29) is 11.7 Å². The molecule has 4 nitrogen and oxygen atoms in total. The minimum absolute atomic E-state index is 0.0575. The Morgan fingerprint density at radius 1 is 1.43 bits per heavy atom. The van der Waals surface area contributed by atoms with Gasteiger partial charge in [0.15, 0.2) is 0 Å². The Hall–Kier alpha value is -1.95. The lowest BCUT2D eigenvalue weighted by Crippen LogP contribution is -2.41. The summed E-state index contributed by atoms with van der Waals surface area (Å²) in [7, 11) is 0. The first-order valence-electron chi connectivity index (χ1n) is 7.72. The number of ether oxygens (including phenoxy) is 1. The molecule has 122 valence electrons. The summed E-state index contributed by atoms with van der Waals surface area (Å²) >= 11 is 1.43. The molecule has 3 rings (SSSR count). The highest BCUT2D eigenvalue weighted by molar-refractivity contribution is 7.13. The highest BCUT2D eigenvalue weighted by Gasteiger charge is 2.26. The fourth-order valence-electron chi connectivity index (χ4n) is 2.75. The molecule has 1 aliphatic rings. The molecule has 0 aliphatic carbocycles. The van der Waals surface area contributed by atoms with Crippen LogP contribution < -0.4 is 4.74 Å². The molecule has 0 bridgehead atoms. The van der Waals surface area contributed by atoms with Crippen molar-refractivity contribution >= 4 is 17.2 Å². The van der Waals surface area contributed by atoms with Gasteiger partial charge in [0.25, 0.3) is 5.91 Å². The second-order valence-corrected chi connectivity index (χ2v) is 7.00. The number of hydrogen-bond donors (Lipinski definition) is 0. The van der Waals surface area contributed by atoms with E-state index in [1.807, 2.05) is 11.8 Å². The Morgan fingerprint density at radius 3 is 2.91 bits per heavy atom. The van der Waals surface area contributed by atoms with Crippen LogP contribution in [-0.2, 0) is 0 Å². The predicted octanol–water partition coefficient (Wildman–Crippen LogP) is 3.52. The predicted molar refractivity (Wildman–Crippen MR) is 87.4 cm³/mol. The zero-order valence-corrected chi connectivity index (χ0v) is 13.8. The van der Waals surface area contributed by atoms with Gasteiger partial charge in [-0.25, -0.2) is 9.37 Å². The molecule has 0 N–H and O–H groups in total. The summed E-state index contributed by atoms with van der Waals surface area (Å²) in [6.07, 6.45) is 3.66. The van der Waals surface area contributed by atoms with Gasteiger partial charge in [0.05, 0.1) is 17.8 Å². The van der Waals surface area contributed by atoms with Crippen LogP contribution in [0.3, 0.4) is 0 Å². The average molecular weight is 334 g/mol. The molecule has 2 heterocycles. The number of carbonyl (C=O) groups excluding carboxylic acids is 1. The van der Waals surface area contributed by atoms with Gasteiger partial charge in [0, 0.05) is 19.0 Å². The monoisotopic (exact) mass is 334 g/mol. The fourth-order valence-corrected chi connectivity index (χ4v) is 3.49. The van der Waals surface area contributed by atoms with Gasteiger partial charge in [-0.2, -0.15) is 0 Å². The number of carbonyl (C=O) groups is 1. The van der Waals surface area contributed by atoms with Gasteiger partial charge >= 0.3 is 0 Å². The van der Waals surface area contributed by atoms with E-state index in [4.69, 9.17) is 4.74 Å². The maximum Gasteiger partial charge on any atom is 0.265 e. The molecule has 0 saturated carbocycles. The summed E-state index contributed by atoms with van der Waals surface area (Å²) in [6, 6.07) is 6.03. The van der Waals surface area contributed by atoms with Gasteiger partial charge in [-0.3, -0.25) is 4.79 Å². The fraction of sp³-hybridized carbons (Fsp3) is 0.412. The van der Waals surface area contributed by atoms with E-state index in [9.17, 15) is 9.18 Å². The Balaban J connectivity index is 1.55. The van der Waals surface area contributed by atoms with E-state index in [0.29, 0.717) is 29.7 Å². The standard InChI is InChI=1S/C17H19FN2O2S/c1-12-19-9-16(23-12)17(21)20-8-2-3-13(10-20)11-22-15-6-4-14(18)5-7-15/h4-7,9,13H,2-3,8,10-11H2,1H3/t13-/m1/s1. The van der Waals surface area contributed by atoms with E-state index < -0.39 is 0 Å². The maximum atomic E-state index is 12.9. The average Bonchev–Trinajstić information content (AvgIpc) is 3.00. The van der Waals surface area contributed by atoms with Gasteiger partial charge in [-0.1, -0.05) is 0 Å². The summed E-state index contributed by atoms with van der Waals surface area (Å²) in [5.41, 5.74) is 0. The van der Waals surface area contributed by atoms with E-state index in [1.54, 1.807) is 18.3 Å². The van der Waals surface area contributed by atoms with Crippen LogP contribution in [-0.4, -0.2) is 35.5 Å². The molecule has 1 fully saturated rings. The largest absolute Gasteiger partial charge is 0.493 e. The molecule has 6 heteroatoms. The van der Waals surface area contributed by atoms with Gasteiger partial charge < -0.3 is 9.64 Å². The van der Waals surface area contributed by atoms with Crippen molar-refractivity contribution in [1.82, 2.24) is 9.88 Å². The number of aromatic nitrogens is 1. The molecule has 1 aliphatic heterocycles. The Bertz CT molecular complexity index is 671. The minimum atomic E-state index is -0.272. The van der Waals surface area contributed by atoms with Crippen molar-refractivity contribution in [3.8, 4) is 5.75 Å². The van der Waals surface area contributed by atoms with Crippen LogP contribution in [0, 0.1) is 18.7 Å². The first-order valence-corrected chi connectivity index (χ1v) is 8.53. The van der Waals surface area contributed by atoms with Crippen molar-refractivity contribution in [3.05, 3.63) is 46.2 Å². The van der Waals surface area contributed by atoms with Crippen molar-refractivity contribution in [2.75, 3.05) is 19.7 Å². The third kappa shape index (κ3) is 4.07. The quantitative estimate of drug-likeness (QED) is 0.859. The number of thiazole rings is 1. The molecule has 1 aromatic heterocycles. The van der Waals surface area contributed by atoms with Crippen molar-refractivity contribution in [2.45, 2.75) is 19.8 Å². The van der Waals surface area contributed by atoms with Crippen molar-refractivity contribution < 1.29 is 13.9 Å². The number of aryl methyl sites for hydroxylation is 1. The molecule has 2 aromatic rings. The molecule has 0 unspecified atom stereocenters. The second kappa shape index (κ2) is 7.08. The lowest BCUT2D eigenvalue weighted by molar-refractivity contribution is 0.0638. The van der Waals surface area contributed by atoms with Gasteiger partial charge in [0.2, 0.25) is 0 Å². The van der Waals surface area contributed by atoms with Crippen LogP contribution in [0.15, 0.2) is 30.5 Å². The van der Waals surface area contributed by atoms with Gasteiger partial charge in [-0.15, -0.1) is 11.3 Å². The molecular weight excluding hydrogens is 315 g/mol. The summed E-state index contributed by atoms with van der Waals surface area (Å²) < 4.78 is 18.6. The Labute approximate surface area is 138 Å². The third-order valence-corrected chi connectivity index (χ3v) is 4.84. The highest BCUT2D eigenvalue weighted by Crippen LogP contribution is 2.22.